The number of aryl methyl sites for hydroxylation is 2. The van der Waals surface area contributed by atoms with E-state index in [1.54, 1.807) is 0 Å². The smallest absolute Gasteiger partial charge is 0.231 e. The van der Waals surface area contributed by atoms with Gasteiger partial charge in [-0.2, -0.15) is 0 Å². The second kappa shape index (κ2) is 6.87. The van der Waals surface area contributed by atoms with Crippen molar-refractivity contribution in [3.8, 4) is 11.5 Å². The lowest BCUT2D eigenvalue weighted by Gasteiger charge is -2.13. The van der Waals surface area contributed by atoms with Gasteiger partial charge in [0.25, 0.3) is 0 Å². The van der Waals surface area contributed by atoms with Crippen LogP contribution in [0.25, 0.3) is 0 Å². The number of benzene rings is 3. The molecule has 0 aromatic heterocycles. The Bertz CT molecular complexity index is 939. The summed E-state index contributed by atoms with van der Waals surface area (Å²) in [6, 6.07) is 19.7. The third-order valence-corrected chi connectivity index (χ3v) is 5.20. The summed E-state index contributed by atoms with van der Waals surface area (Å²) in [5.74, 6) is 1.70. The molecule has 0 amide bonds. The van der Waals surface area contributed by atoms with Crippen LogP contribution in [-0.4, -0.2) is 6.79 Å². The molecule has 26 heavy (non-hydrogen) atoms. The van der Waals surface area contributed by atoms with Crippen LogP contribution in [0.5, 0.6) is 11.5 Å². The number of hydrogen-bond acceptors (Lipinski definition) is 2. The van der Waals surface area contributed by atoms with Crippen LogP contribution in [0.4, 0.5) is 0 Å². The molecule has 3 aromatic rings. The molecule has 0 spiro atoms. The van der Waals surface area contributed by atoms with Gasteiger partial charge in [0, 0.05) is 0 Å². The van der Waals surface area contributed by atoms with Gasteiger partial charge in [-0.15, -0.1) is 0 Å². The van der Waals surface area contributed by atoms with Gasteiger partial charge in [0.1, 0.15) is 0 Å². The second-order valence-corrected chi connectivity index (χ2v) is 7.22. The highest BCUT2D eigenvalue weighted by molar-refractivity contribution is 5.47. The zero-order chi connectivity index (χ0) is 18.1. The number of hydrogen-bond donors (Lipinski definition) is 0. The van der Waals surface area contributed by atoms with Crippen LogP contribution in [0.2, 0.25) is 0 Å². The maximum atomic E-state index is 5.52. The Balaban J connectivity index is 1.61. The number of rotatable bonds is 4. The summed E-state index contributed by atoms with van der Waals surface area (Å²) in [6.07, 6.45) is 1.88. The molecule has 2 heteroatoms. The van der Waals surface area contributed by atoms with E-state index < -0.39 is 0 Å². The zero-order valence-corrected chi connectivity index (χ0v) is 15.6. The molecule has 132 valence electrons. The van der Waals surface area contributed by atoms with Crippen LogP contribution >= 0.6 is 0 Å². The van der Waals surface area contributed by atoms with Crippen LogP contribution in [0, 0.1) is 20.8 Å². The molecule has 0 fully saturated rings. The van der Waals surface area contributed by atoms with Crippen LogP contribution in [0.15, 0.2) is 54.6 Å². The molecule has 0 aliphatic carbocycles. The van der Waals surface area contributed by atoms with E-state index in [0.717, 1.165) is 24.3 Å². The van der Waals surface area contributed by atoms with Crippen molar-refractivity contribution in [3.63, 3.8) is 0 Å². The molecule has 0 saturated heterocycles. The summed E-state index contributed by atoms with van der Waals surface area (Å²) in [6.45, 7) is 6.87. The summed E-state index contributed by atoms with van der Waals surface area (Å²) in [4.78, 5) is 0. The molecule has 4 rings (SSSR count). The predicted molar refractivity (Wildman–Crippen MR) is 105 cm³/mol. The summed E-state index contributed by atoms with van der Waals surface area (Å²) in [5, 5.41) is 0. The van der Waals surface area contributed by atoms with E-state index in [1.165, 1.54) is 38.9 Å². The average Bonchev–Trinajstić information content (AvgIpc) is 3.09. The Morgan fingerprint density at radius 1 is 0.692 bits per heavy atom. The molecular formula is C24H24O2. The normalized spacial score (nSPS) is 12.4. The van der Waals surface area contributed by atoms with Crippen molar-refractivity contribution >= 4 is 0 Å². The van der Waals surface area contributed by atoms with Crippen molar-refractivity contribution in [1.29, 1.82) is 0 Å². The highest BCUT2D eigenvalue weighted by Gasteiger charge is 2.14. The molecule has 0 N–H and O–H groups in total. The Morgan fingerprint density at radius 3 is 2.23 bits per heavy atom. The first-order chi connectivity index (χ1) is 12.6. The van der Waals surface area contributed by atoms with Gasteiger partial charge in [-0.05, 0) is 79.1 Å². The van der Waals surface area contributed by atoms with E-state index in [9.17, 15) is 0 Å². The van der Waals surface area contributed by atoms with Gasteiger partial charge < -0.3 is 9.47 Å². The minimum absolute atomic E-state index is 0.322. The van der Waals surface area contributed by atoms with Gasteiger partial charge in [-0.25, -0.2) is 0 Å². The Morgan fingerprint density at radius 2 is 1.42 bits per heavy atom. The van der Waals surface area contributed by atoms with E-state index >= 15 is 0 Å². The predicted octanol–water partition coefficient (Wildman–Crippen LogP) is 5.52. The first-order valence-corrected chi connectivity index (χ1v) is 9.11. The fourth-order valence-electron chi connectivity index (χ4n) is 3.51. The lowest BCUT2D eigenvalue weighted by Crippen LogP contribution is -1.99. The topological polar surface area (TPSA) is 18.5 Å². The van der Waals surface area contributed by atoms with E-state index in [4.69, 9.17) is 9.47 Å². The highest BCUT2D eigenvalue weighted by atomic mass is 16.7. The zero-order valence-electron chi connectivity index (χ0n) is 15.6. The Kier molecular flexibility index (Phi) is 4.42. The summed E-state index contributed by atoms with van der Waals surface area (Å²) in [5.41, 5.74) is 9.38. The third kappa shape index (κ3) is 3.45. The largest absolute Gasteiger partial charge is 0.454 e. The average molecular weight is 344 g/mol. The van der Waals surface area contributed by atoms with Gasteiger partial charge in [0.2, 0.25) is 6.79 Å². The van der Waals surface area contributed by atoms with Crippen LogP contribution in [0.3, 0.4) is 0 Å². The van der Waals surface area contributed by atoms with E-state index in [2.05, 4.69) is 69.3 Å². The van der Waals surface area contributed by atoms with Gasteiger partial charge in [0.05, 0.1) is 0 Å². The molecule has 0 saturated carbocycles. The summed E-state index contributed by atoms with van der Waals surface area (Å²) in [7, 11) is 0. The second-order valence-electron chi connectivity index (χ2n) is 7.22. The van der Waals surface area contributed by atoms with Gasteiger partial charge in [-0.3, -0.25) is 0 Å². The van der Waals surface area contributed by atoms with Crippen molar-refractivity contribution in [2.75, 3.05) is 6.79 Å². The van der Waals surface area contributed by atoms with Gasteiger partial charge in [0.15, 0.2) is 11.5 Å². The Hall–Kier alpha value is -2.74. The van der Waals surface area contributed by atoms with Crippen molar-refractivity contribution < 1.29 is 9.47 Å². The molecule has 3 aromatic carbocycles. The molecule has 0 bridgehead atoms. The first-order valence-electron chi connectivity index (χ1n) is 9.11. The molecule has 1 aliphatic heterocycles. The minimum atomic E-state index is 0.322. The summed E-state index contributed by atoms with van der Waals surface area (Å²) >= 11 is 0. The standard InChI is InChI=1S/C24H24O2/c1-16-4-6-19(7-5-16)11-21-10-17(2)18(3)22(13-21)12-20-8-9-23-24(14-20)26-15-25-23/h4-10,13-14H,11-12,15H2,1-3H3. The van der Waals surface area contributed by atoms with Crippen molar-refractivity contribution in [3.05, 3.63) is 93.5 Å². The lowest BCUT2D eigenvalue weighted by molar-refractivity contribution is 0.174. The van der Waals surface area contributed by atoms with Crippen molar-refractivity contribution in [2.24, 2.45) is 0 Å². The number of ether oxygens (including phenoxy) is 2. The minimum Gasteiger partial charge on any atom is -0.454 e. The maximum absolute atomic E-state index is 5.52. The third-order valence-electron chi connectivity index (χ3n) is 5.20. The fourth-order valence-corrected chi connectivity index (χ4v) is 3.51. The van der Waals surface area contributed by atoms with Crippen molar-refractivity contribution in [1.82, 2.24) is 0 Å². The van der Waals surface area contributed by atoms with E-state index in [-0.39, 0.29) is 0 Å². The molecule has 0 radical (unpaired) electrons. The molecule has 1 aliphatic rings. The Labute approximate surface area is 155 Å². The van der Waals surface area contributed by atoms with E-state index in [0.29, 0.717) is 6.79 Å². The summed E-state index contributed by atoms with van der Waals surface area (Å²) < 4.78 is 10.9. The van der Waals surface area contributed by atoms with Crippen LogP contribution in [0.1, 0.15) is 38.9 Å². The van der Waals surface area contributed by atoms with Gasteiger partial charge >= 0.3 is 0 Å². The molecule has 0 atom stereocenters. The SMILES string of the molecule is Cc1ccc(Cc2cc(C)c(C)c(Cc3ccc4c(c3)OCO4)c2)cc1. The lowest BCUT2D eigenvalue weighted by atomic mass is 9.92. The fraction of sp³-hybridized carbons (Fsp3) is 0.250. The highest BCUT2D eigenvalue weighted by Crippen LogP contribution is 2.33. The molecule has 1 heterocycles. The molecule has 0 unspecified atom stereocenters. The van der Waals surface area contributed by atoms with Crippen molar-refractivity contribution in [2.45, 2.75) is 33.6 Å². The molecule has 2 nitrogen and oxygen atoms in total. The van der Waals surface area contributed by atoms with E-state index in [1.807, 2.05) is 6.07 Å². The monoisotopic (exact) mass is 344 g/mol. The maximum Gasteiger partial charge on any atom is 0.231 e. The first kappa shape index (κ1) is 16.7. The molecular weight excluding hydrogens is 320 g/mol. The van der Waals surface area contributed by atoms with Crippen LogP contribution in [-0.2, 0) is 12.8 Å². The number of fused-ring (bicyclic) bond motifs is 1. The quantitative estimate of drug-likeness (QED) is 0.620. The van der Waals surface area contributed by atoms with Crippen LogP contribution < -0.4 is 9.47 Å². The van der Waals surface area contributed by atoms with Gasteiger partial charge in [-0.1, -0.05) is 48.0 Å².